The van der Waals surface area contributed by atoms with E-state index in [1.54, 1.807) is 17.0 Å². The Hall–Kier alpha value is -2.93. The molecule has 2 aromatic rings. The number of carbonyl (C=O) groups is 2. The van der Waals surface area contributed by atoms with Crippen molar-refractivity contribution in [1.82, 2.24) is 4.90 Å². The largest absolute Gasteiger partial charge is 0.454 e. The number of halogens is 1. The molecular weight excluding hydrogens is 418 g/mol. The minimum atomic E-state index is -0.322. The molecule has 162 valence electrons. The number of fused-ring (bicyclic) bond motifs is 1. The first-order chi connectivity index (χ1) is 15.0. The quantitative estimate of drug-likeness (QED) is 0.732. The van der Waals surface area contributed by atoms with Gasteiger partial charge in [0, 0.05) is 61.6 Å². The van der Waals surface area contributed by atoms with Crippen LogP contribution in [0.15, 0.2) is 36.4 Å². The summed E-state index contributed by atoms with van der Waals surface area (Å²) < 4.78 is 10.8. The van der Waals surface area contributed by atoms with Gasteiger partial charge in [-0.25, -0.2) is 0 Å². The summed E-state index contributed by atoms with van der Waals surface area (Å²) in [5.74, 6) is 1.00. The number of hydrogen-bond donors (Lipinski definition) is 0. The fourth-order valence-electron chi connectivity index (χ4n) is 4.52. The average molecular weight is 442 g/mol. The second kappa shape index (κ2) is 7.96. The first-order valence-corrected chi connectivity index (χ1v) is 10.9. The lowest BCUT2D eigenvalue weighted by Crippen LogP contribution is -2.50. The van der Waals surface area contributed by atoms with Gasteiger partial charge in [-0.1, -0.05) is 17.7 Å². The monoisotopic (exact) mass is 441 g/mol. The highest BCUT2D eigenvalue weighted by Crippen LogP contribution is 2.37. The maximum Gasteiger partial charge on any atom is 0.231 e. The van der Waals surface area contributed by atoms with Gasteiger partial charge in [-0.15, -0.1) is 0 Å². The third-order valence-corrected chi connectivity index (χ3v) is 6.48. The Morgan fingerprint density at radius 2 is 1.81 bits per heavy atom. The third-order valence-electron chi connectivity index (χ3n) is 6.25. The van der Waals surface area contributed by atoms with Crippen LogP contribution in [0.1, 0.15) is 12.0 Å². The third kappa shape index (κ3) is 3.78. The SMILES string of the molecule is Cc1ccc(Cl)cc1N1CCN(C(=O)C2CC(=O)N(c3ccc4c(c3)OCO4)C2)CC1. The van der Waals surface area contributed by atoms with E-state index in [0.717, 1.165) is 24.5 Å². The van der Waals surface area contributed by atoms with Crippen LogP contribution < -0.4 is 19.3 Å². The van der Waals surface area contributed by atoms with Crippen LogP contribution in [-0.2, 0) is 9.59 Å². The molecule has 7 nitrogen and oxygen atoms in total. The molecule has 0 aliphatic carbocycles. The molecule has 1 unspecified atom stereocenters. The molecule has 2 amide bonds. The molecule has 1 atom stereocenters. The summed E-state index contributed by atoms with van der Waals surface area (Å²) in [6.45, 7) is 5.43. The highest BCUT2D eigenvalue weighted by Gasteiger charge is 2.38. The predicted octanol–water partition coefficient (Wildman–Crippen LogP) is 3.08. The zero-order valence-corrected chi connectivity index (χ0v) is 18.1. The van der Waals surface area contributed by atoms with E-state index >= 15 is 0 Å². The minimum Gasteiger partial charge on any atom is -0.454 e. The molecule has 3 aliphatic rings. The van der Waals surface area contributed by atoms with Gasteiger partial charge in [-0.05, 0) is 36.8 Å². The Bertz CT molecular complexity index is 1040. The molecule has 3 aliphatic heterocycles. The van der Waals surface area contributed by atoms with E-state index in [1.807, 2.05) is 29.2 Å². The van der Waals surface area contributed by atoms with E-state index in [9.17, 15) is 9.59 Å². The lowest BCUT2D eigenvalue weighted by Gasteiger charge is -2.37. The van der Waals surface area contributed by atoms with Crippen molar-refractivity contribution in [3.8, 4) is 11.5 Å². The van der Waals surface area contributed by atoms with Crippen molar-refractivity contribution in [2.45, 2.75) is 13.3 Å². The Morgan fingerprint density at radius 3 is 2.61 bits per heavy atom. The molecule has 0 saturated carbocycles. The van der Waals surface area contributed by atoms with Crippen LogP contribution in [0, 0.1) is 12.8 Å². The van der Waals surface area contributed by atoms with Crippen molar-refractivity contribution >= 4 is 34.8 Å². The van der Waals surface area contributed by atoms with Gasteiger partial charge in [-0.3, -0.25) is 9.59 Å². The van der Waals surface area contributed by atoms with Crippen LogP contribution in [0.25, 0.3) is 0 Å². The fraction of sp³-hybridized carbons (Fsp3) is 0.391. The average Bonchev–Trinajstić information content (AvgIpc) is 3.41. The highest BCUT2D eigenvalue weighted by molar-refractivity contribution is 6.30. The Kier molecular flexibility index (Phi) is 5.14. The standard InChI is InChI=1S/C23H24ClN3O4/c1-15-2-3-17(24)11-19(15)25-6-8-26(9-7-25)23(29)16-10-22(28)27(13-16)18-4-5-20-21(12-18)31-14-30-20/h2-5,11-12,16H,6-10,13-14H2,1H3. The molecule has 2 saturated heterocycles. The molecule has 0 radical (unpaired) electrons. The number of aryl methyl sites for hydroxylation is 1. The van der Waals surface area contributed by atoms with Gasteiger partial charge in [0.25, 0.3) is 0 Å². The molecule has 0 bridgehead atoms. The number of benzene rings is 2. The number of piperazine rings is 1. The number of ether oxygens (including phenoxy) is 2. The van der Waals surface area contributed by atoms with Gasteiger partial charge >= 0.3 is 0 Å². The van der Waals surface area contributed by atoms with Crippen LogP contribution in [0.3, 0.4) is 0 Å². The second-order valence-electron chi connectivity index (χ2n) is 8.19. The maximum atomic E-state index is 13.1. The van der Waals surface area contributed by atoms with E-state index in [-0.39, 0.29) is 30.9 Å². The minimum absolute atomic E-state index is 0.0367. The van der Waals surface area contributed by atoms with Gasteiger partial charge in [0.1, 0.15) is 0 Å². The van der Waals surface area contributed by atoms with Crippen molar-refractivity contribution < 1.29 is 19.1 Å². The summed E-state index contributed by atoms with van der Waals surface area (Å²) in [6.07, 6.45) is 0.237. The normalized spacial score (nSPS) is 20.5. The topological polar surface area (TPSA) is 62.3 Å². The number of amides is 2. The van der Waals surface area contributed by atoms with Gasteiger partial charge in [0.05, 0.1) is 5.92 Å². The number of carbonyl (C=O) groups excluding carboxylic acids is 2. The molecular formula is C23H24ClN3O4. The Balaban J connectivity index is 1.22. The maximum absolute atomic E-state index is 13.1. The second-order valence-corrected chi connectivity index (χ2v) is 8.62. The number of hydrogen-bond acceptors (Lipinski definition) is 5. The lowest BCUT2D eigenvalue weighted by molar-refractivity contribution is -0.136. The number of rotatable bonds is 3. The summed E-state index contributed by atoms with van der Waals surface area (Å²) in [4.78, 5) is 31.6. The lowest BCUT2D eigenvalue weighted by atomic mass is 10.1. The van der Waals surface area contributed by atoms with Crippen molar-refractivity contribution in [1.29, 1.82) is 0 Å². The van der Waals surface area contributed by atoms with Gasteiger partial charge in [0.15, 0.2) is 11.5 Å². The molecule has 31 heavy (non-hydrogen) atoms. The molecule has 2 fully saturated rings. The summed E-state index contributed by atoms with van der Waals surface area (Å²) in [7, 11) is 0. The van der Waals surface area contributed by atoms with E-state index in [0.29, 0.717) is 36.2 Å². The smallest absolute Gasteiger partial charge is 0.231 e. The molecule has 0 N–H and O–H groups in total. The van der Waals surface area contributed by atoms with Crippen LogP contribution in [-0.4, -0.2) is 56.2 Å². The number of anilines is 2. The van der Waals surface area contributed by atoms with Crippen LogP contribution in [0.5, 0.6) is 11.5 Å². The Morgan fingerprint density at radius 1 is 1.03 bits per heavy atom. The molecule has 5 rings (SSSR count). The first kappa shape index (κ1) is 20.0. The van der Waals surface area contributed by atoms with Crippen LogP contribution >= 0.6 is 11.6 Å². The molecule has 2 aromatic carbocycles. The van der Waals surface area contributed by atoms with Gasteiger partial charge < -0.3 is 24.2 Å². The van der Waals surface area contributed by atoms with E-state index in [2.05, 4.69) is 11.8 Å². The molecule has 8 heteroatoms. The van der Waals surface area contributed by atoms with E-state index in [4.69, 9.17) is 21.1 Å². The first-order valence-electron chi connectivity index (χ1n) is 10.5. The summed E-state index contributed by atoms with van der Waals surface area (Å²) in [6, 6.07) is 11.3. The van der Waals surface area contributed by atoms with Crippen LogP contribution in [0.2, 0.25) is 5.02 Å². The zero-order chi connectivity index (χ0) is 21.5. The highest BCUT2D eigenvalue weighted by atomic mass is 35.5. The van der Waals surface area contributed by atoms with Crippen molar-refractivity contribution in [2.75, 3.05) is 49.3 Å². The predicted molar refractivity (Wildman–Crippen MR) is 118 cm³/mol. The summed E-state index contributed by atoms with van der Waals surface area (Å²) in [5, 5.41) is 0.715. The molecule has 0 aromatic heterocycles. The molecule has 3 heterocycles. The Labute approximate surface area is 186 Å². The van der Waals surface area contributed by atoms with Gasteiger partial charge in [-0.2, -0.15) is 0 Å². The molecule has 0 spiro atoms. The summed E-state index contributed by atoms with van der Waals surface area (Å²) >= 11 is 6.17. The van der Waals surface area contributed by atoms with Crippen LogP contribution in [0.4, 0.5) is 11.4 Å². The van der Waals surface area contributed by atoms with Crippen molar-refractivity contribution in [2.24, 2.45) is 5.92 Å². The summed E-state index contributed by atoms with van der Waals surface area (Å²) in [5.41, 5.74) is 3.03. The number of nitrogens with zero attached hydrogens (tertiary/aromatic N) is 3. The van der Waals surface area contributed by atoms with E-state index < -0.39 is 0 Å². The van der Waals surface area contributed by atoms with Gasteiger partial charge in [0.2, 0.25) is 18.6 Å². The zero-order valence-electron chi connectivity index (χ0n) is 17.3. The van der Waals surface area contributed by atoms with Crippen molar-refractivity contribution in [3.63, 3.8) is 0 Å². The van der Waals surface area contributed by atoms with E-state index in [1.165, 1.54) is 5.56 Å². The van der Waals surface area contributed by atoms with Crippen molar-refractivity contribution in [3.05, 3.63) is 47.0 Å². The fourth-order valence-corrected chi connectivity index (χ4v) is 4.69.